The molecule has 1 saturated heterocycles. The number of nitriles is 1. The minimum atomic E-state index is -3.48. The minimum absolute atomic E-state index is 0.193. The van der Waals surface area contributed by atoms with E-state index < -0.39 is 10.0 Å². The van der Waals surface area contributed by atoms with Gasteiger partial charge in [0.1, 0.15) is 0 Å². The third kappa shape index (κ3) is 3.77. The quantitative estimate of drug-likeness (QED) is 0.900. The third-order valence-corrected chi connectivity index (χ3v) is 4.64. The van der Waals surface area contributed by atoms with E-state index in [1.165, 1.54) is 24.3 Å². The van der Waals surface area contributed by atoms with Crippen LogP contribution in [-0.2, 0) is 14.8 Å². The van der Waals surface area contributed by atoms with Crippen LogP contribution in [0.5, 0.6) is 0 Å². The normalized spacial score (nSPS) is 17.0. The van der Waals surface area contributed by atoms with E-state index in [2.05, 4.69) is 4.72 Å². The van der Waals surface area contributed by atoms with Crippen molar-refractivity contribution in [3.63, 3.8) is 0 Å². The fraction of sp³-hybridized carbons (Fsp3) is 0.462. The first-order valence-corrected chi connectivity index (χ1v) is 7.68. The van der Waals surface area contributed by atoms with Gasteiger partial charge in [-0.3, -0.25) is 0 Å². The summed E-state index contributed by atoms with van der Waals surface area (Å²) in [7, 11) is -3.48. The highest BCUT2D eigenvalue weighted by molar-refractivity contribution is 7.89. The zero-order valence-electron chi connectivity index (χ0n) is 10.5. The monoisotopic (exact) mass is 280 g/mol. The van der Waals surface area contributed by atoms with Gasteiger partial charge >= 0.3 is 0 Å². The Balaban J connectivity index is 1.99. The summed E-state index contributed by atoms with van der Waals surface area (Å²) in [5.74, 6) is 0.335. The smallest absolute Gasteiger partial charge is 0.240 e. The highest BCUT2D eigenvalue weighted by Gasteiger charge is 2.18. The van der Waals surface area contributed by atoms with Gasteiger partial charge in [0.15, 0.2) is 0 Å². The van der Waals surface area contributed by atoms with Crippen LogP contribution in [0.4, 0.5) is 0 Å². The maximum Gasteiger partial charge on any atom is 0.240 e. The first kappa shape index (κ1) is 14.0. The number of ether oxygens (including phenoxy) is 1. The van der Waals surface area contributed by atoms with Gasteiger partial charge in [-0.1, -0.05) is 0 Å². The average Bonchev–Trinajstić information content (AvgIpc) is 2.46. The number of sulfonamides is 1. The van der Waals surface area contributed by atoms with Crippen LogP contribution < -0.4 is 4.72 Å². The standard InChI is InChI=1S/C13H16N2O3S/c14-9-11-1-3-13(4-2-11)19(16,17)15-10-12-5-7-18-8-6-12/h1-4,12,15H,5-8,10H2. The predicted molar refractivity (Wildman–Crippen MR) is 69.9 cm³/mol. The molecule has 0 spiro atoms. The largest absolute Gasteiger partial charge is 0.381 e. The number of benzene rings is 1. The molecule has 0 bridgehead atoms. The van der Waals surface area contributed by atoms with Gasteiger partial charge < -0.3 is 4.74 Å². The first-order chi connectivity index (χ1) is 9.12. The lowest BCUT2D eigenvalue weighted by molar-refractivity contribution is 0.0678. The summed E-state index contributed by atoms with van der Waals surface area (Å²) >= 11 is 0. The Morgan fingerprint density at radius 1 is 1.26 bits per heavy atom. The zero-order valence-corrected chi connectivity index (χ0v) is 11.3. The highest BCUT2D eigenvalue weighted by Crippen LogP contribution is 2.15. The average molecular weight is 280 g/mol. The zero-order chi connectivity index (χ0) is 13.7. The predicted octanol–water partition coefficient (Wildman–Crippen LogP) is 1.26. The number of rotatable bonds is 4. The summed E-state index contributed by atoms with van der Waals surface area (Å²) in [4.78, 5) is 0.193. The van der Waals surface area contributed by atoms with Gasteiger partial charge in [-0.05, 0) is 43.0 Å². The molecule has 1 aromatic carbocycles. The molecule has 0 amide bonds. The maximum atomic E-state index is 12.0. The van der Waals surface area contributed by atoms with E-state index >= 15 is 0 Å². The number of hydrogen-bond acceptors (Lipinski definition) is 4. The van der Waals surface area contributed by atoms with E-state index in [9.17, 15) is 8.42 Å². The fourth-order valence-electron chi connectivity index (χ4n) is 1.97. The summed E-state index contributed by atoms with van der Waals surface area (Å²) in [6.07, 6.45) is 1.77. The van der Waals surface area contributed by atoms with Gasteiger partial charge in [0, 0.05) is 19.8 Å². The topological polar surface area (TPSA) is 79.2 Å². The van der Waals surface area contributed by atoms with Crippen molar-refractivity contribution in [2.45, 2.75) is 17.7 Å². The van der Waals surface area contributed by atoms with Crippen LogP contribution in [0.3, 0.4) is 0 Å². The Labute approximate surface area is 113 Å². The van der Waals surface area contributed by atoms with Crippen LogP contribution in [0.2, 0.25) is 0 Å². The lowest BCUT2D eigenvalue weighted by Gasteiger charge is -2.22. The van der Waals surface area contributed by atoms with Gasteiger partial charge in [-0.15, -0.1) is 0 Å². The molecular formula is C13H16N2O3S. The Bertz CT molecular complexity index is 555. The molecule has 0 aromatic heterocycles. The maximum absolute atomic E-state index is 12.0. The second-order valence-electron chi connectivity index (χ2n) is 4.54. The van der Waals surface area contributed by atoms with Gasteiger partial charge in [0.25, 0.3) is 0 Å². The van der Waals surface area contributed by atoms with Gasteiger partial charge in [0.2, 0.25) is 10.0 Å². The molecule has 19 heavy (non-hydrogen) atoms. The Kier molecular flexibility index (Phi) is 4.53. The van der Waals surface area contributed by atoms with Gasteiger partial charge in [-0.2, -0.15) is 5.26 Å². The Morgan fingerprint density at radius 3 is 2.47 bits per heavy atom. The van der Waals surface area contributed by atoms with E-state index in [-0.39, 0.29) is 4.90 Å². The molecule has 102 valence electrons. The molecule has 0 unspecified atom stereocenters. The van der Waals surface area contributed by atoms with Crippen LogP contribution in [0.25, 0.3) is 0 Å². The molecule has 1 fully saturated rings. The lowest BCUT2D eigenvalue weighted by Crippen LogP contribution is -2.32. The fourth-order valence-corrected chi connectivity index (χ4v) is 3.09. The van der Waals surface area contributed by atoms with Crippen molar-refractivity contribution in [2.75, 3.05) is 19.8 Å². The number of hydrogen-bond donors (Lipinski definition) is 1. The summed E-state index contributed by atoms with van der Waals surface area (Å²) in [5, 5.41) is 8.68. The van der Waals surface area contributed by atoms with E-state index in [0.29, 0.717) is 31.2 Å². The van der Waals surface area contributed by atoms with Crippen molar-refractivity contribution in [1.29, 1.82) is 5.26 Å². The summed E-state index contributed by atoms with van der Waals surface area (Å²) in [5.41, 5.74) is 0.448. The molecule has 0 radical (unpaired) electrons. The third-order valence-electron chi connectivity index (χ3n) is 3.20. The first-order valence-electron chi connectivity index (χ1n) is 6.19. The number of nitrogens with one attached hydrogen (secondary N) is 1. The Hall–Kier alpha value is -1.42. The second kappa shape index (κ2) is 6.15. The molecule has 0 aliphatic carbocycles. The summed E-state index contributed by atoms with van der Waals surface area (Å²) in [6.45, 7) is 1.83. The molecule has 1 heterocycles. The van der Waals surface area contributed by atoms with Gasteiger partial charge in [0.05, 0.1) is 16.5 Å². The molecule has 1 aromatic rings. The van der Waals surface area contributed by atoms with Crippen LogP contribution in [0.15, 0.2) is 29.2 Å². The van der Waals surface area contributed by atoms with Crippen molar-refractivity contribution < 1.29 is 13.2 Å². The molecular weight excluding hydrogens is 264 g/mol. The van der Waals surface area contributed by atoms with Gasteiger partial charge in [-0.25, -0.2) is 13.1 Å². The minimum Gasteiger partial charge on any atom is -0.381 e. The van der Waals surface area contributed by atoms with Crippen LogP contribution in [0, 0.1) is 17.2 Å². The molecule has 1 aliphatic rings. The molecule has 1 aliphatic heterocycles. The van der Waals surface area contributed by atoms with Crippen LogP contribution in [-0.4, -0.2) is 28.2 Å². The molecule has 6 heteroatoms. The van der Waals surface area contributed by atoms with E-state index in [0.717, 1.165) is 12.8 Å². The van der Waals surface area contributed by atoms with E-state index in [4.69, 9.17) is 10.00 Å². The van der Waals surface area contributed by atoms with Crippen LogP contribution >= 0.6 is 0 Å². The van der Waals surface area contributed by atoms with E-state index in [1.54, 1.807) is 0 Å². The molecule has 0 atom stereocenters. The molecule has 0 saturated carbocycles. The van der Waals surface area contributed by atoms with Crippen molar-refractivity contribution in [3.8, 4) is 6.07 Å². The van der Waals surface area contributed by atoms with Crippen molar-refractivity contribution in [2.24, 2.45) is 5.92 Å². The molecule has 5 nitrogen and oxygen atoms in total. The SMILES string of the molecule is N#Cc1ccc(S(=O)(=O)NCC2CCOCC2)cc1. The number of nitrogens with zero attached hydrogens (tertiary/aromatic N) is 1. The summed E-state index contributed by atoms with van der Waals surface area (Å²) in [6, 6.07) is 7.86. The molecule has 2 rings (SSSR count). The lowest BCUT2D eigenvalue weighted by atomic mass is 10.0. The van der Waals surface area contributed by atoms with Crippen LogP contribution in [0.1, 0.15) is 18.4 Å². The summed E-state index contributed by atoms with van der Waals surface area (Å²) < 4.78 is 31.9. The van der Waals surface area contributed by atoms with Crippen molar-refractivity contribution >= 4 is 10.0 Å². The Morgan fingerprint density at radius 2 is 1.89 bits per heavy atom. The van der Waals surface area contributed by atoms with E-state index in [1.807, 2.05) is 6.07 Å². The molecule has 1 N–H and O–H groups in total. The van der Waals surface area contributed by atoms with Crippen molar-refractivity contribution in [1.82, 2.24) is 4.72 Å². The van der Waals surface area contributed by atoms with Crippen molar-refractivity contribution in [3.05, 3.63) is 29.8 Å². The highest BCUT2D eigenvalue weighted by atomic mass is 32.2. The second-order valence-corrected chi connectivity index (χ2v) is 6.31.